The maximum atomic E-state index is 13.7. The summed E-state index contributed by atoms with van der Waals surface area (Å²) in [6.07, 6.45) is 2.04. The molecule has 0 aromatic heterocycles. The van der Waals surface area contributed by atoms with Gasteiger partial charge in [0.15, 0.2) is 0 Å². The van der Waals surface area contributed by atoms with Crippen molar-refractivity contribution in [1.29, 1.82) is 0 Å². The van der Waals surface area contributed by atoms with E-state index < -0.39 is 12.0 Å². The van der Waals surface area contributed by atoms with E-state index in [1.165, 1.54) is 6.07 Å². The van der Waals surface area contributed by atoms with Crippen LogP contribution in [0.2, 0.25) is 0 Å². The number of unbranched alkanes of at least 4 members (excludes halogenated alkanes) is 1. The first-order valence-corrected chi connectivity index (χ1v) is 9.49. The van der Waals surface area contributed by atoms with Crippen molar-refractivity contribution in [2.24, 2.45) is 0 Å². The first kappa shape index (κ1) is 21.8. The molecule has 1 atom stereocenters. The monoisotopic (exact) mass is 390 g/mol. The summed E-state index contributed by atoms with van der Waals surface area (Å²) in [5, 5.41) is 15.7. The molecular weight excluding hydrogens is 362 g/mol. The third-order valence-corrected chi connectivity index (χ3v) is 4.72. The van der Waals surface area contributed by atoms with Gasteiger partial charge in [0.25, 0.3) is 0 Å². The van der Waals surface area contributed by atoms with Gasteiger partial charge in [-0.05, 0) is 87.0 Å². The Morgan fingerprint density at radius 1 is 1.04 bits per heavy atom. The van der Waals surface area contributed by atoms with E-state index in [1.54, 1.807) is 39.0 Å². The summed E-state index contributed by atoms with van der Waals surface area (Å²) in [5.41, 5.74) is 3.25. The fraction of sp³-hybridized carbons (Fsp3) is 0.409. The average molecular weight is 390 g/mol. The highest BCUT2D eigenvalue weighted by molar-refractivity contribution is 5.77. The lowest BCUT2D eigenvalue weighted by atomic mass is 10.1. The lowest BCUT2D eigenvalue weighted by molar-refractivity contribution is -0.138. The molecule has 0 fully saturated rings. The molecule has 2 rings (SSSR count). The van der Waals surface area contributed by atoms with Crippen LogP contribution in [0.15, 0.2) is 30.3 Å². The number of nitrogens with one attached hydrogen (secondary N) is 2. The molecule has 0 amide bonds. The molecule has 0 saturated carbocycles. The van der Waals surface area contributed by atoms with Crippen LogP contribution in [0.4, 0.5) is 14.5 Å². The molecule has 2 aromatic carbocycles. The van der Waals surface area contributed by atoms with Gasteiger partial charge in [-0.15, -0.1) is 0 Å². The highest BCUT2D eigenvalue weighted by Gasteiger charge is 2.17. The van der Waals surface area contributed by atoms with Gasteiger partial charge in [0.1, 0.15) is 17.7 Å². The van der Waals surface area contributed by atoms with Crippen molar-refractivity contribution in [1.82, 2.24) is 5.32 Å². The number of carboxylic acids is 1. The summed E-state index contributed by atoms with van der Waals surface area (Å²) >= 11 is 0. The Hall–Kier alpha value is -2.47. The molecule has 0 aliphatic heterocycles. The molecule has 0 heterocycles. The number of aryl methyl sites for hydroxylation is 3. The van der Waals surface area contributed by atoms with Crippen molar-refractivity contribution in [2.75, 3.05) is 11.9 Å². The molecule has 0 aliphatic rings. The fourth-order valence-corrected chi connectivity index (χ4v) is 3.14. The predicted octanol–water partition coefficient (Wildman–Crippen LogP) is 4.72. The molecule has 0 bridgehead atoms. The fourth-order valence-electron chi connectivity index (χ4n) is 3.14. The van der Waals surface area contributed by atoms with Gasteiger partial charge in [0, 0.05) is 12.2 Å². The van der Waals surface area contributed by atoms with E-state index in [1.807, 2.05) is 6.07 Å². The number of anilines is 1. The molecular formula is C22H28F2N2O2. The van der Waals surface area contributed by atoms with Crippen molar-refractivity contribution in [2.45, 2.75) is 52.6 Å². The minimum atomic E-state index is -0.922. The molecule has 2 aromatic rings. The normalized spacial score (nSPS) is 12.0. The zero-order chi connectivity index (χ0) is 20.7. The molecule has 1 unspecified atom stereocenters. The summed E-state index contributed by atoms with van der Waals surface area (Å²) in [4.78, 5) is 11.5. The number of hydrogen-bond donors (Lipinski definition) is 3. The molecule has 28 heavy (non-hydrogen) atoms. The average Bonchev–Trinajstić information content (AvgIpc) is 2.64. The van der Waals surface area contributed by atoms with E-state index in [2.05, 4.69) is 10.6 Å². The molecule has 4 nitrogen and oxygen atoms in total. The first-order valence-electron chi connectivity index (χ1n) is 9.49. The smallest absolute Gasteiger partial charge is 0.326 e. The molecule has 0 radical (unpaired) electrons. The highest BCUT2D eigenvalue weighted by Crippen LogP contribution is 2.20. The first-order chi connectivity index (χ1) is 13.3. The van der Waals surface area contributed by atoms with Crippen molar-refractivity contribution >= 4 is 11.7 Å². The van der Waals surface area contributed by atoms with Gasteiger partial charge in [0.05, 0.1) is 0 Å². The van der Waals surface area contributed by atoms with Gasteiger partial charge in [-0.3, -0.25) is 0 Å². The highest BCUT2D eigenvalue weighted by atomic mass is 19.1. The van der Waals surface area contributed by atoms with Gasteiger partial charge in [-0.1, -0.05) is 12.1 Å². The van der Waals surface area contributed by atoms with E-state index in [0.717, 1.165) is 24.9 Å². The second kappa shape index (κ2) is 10.2. The number of carboxylic acid groups (broad SMARTS) is 1. The van der Waals surface area contributed by atoms with Gasteiger partial charge in [-0.2, -0.15) is 0 Å². The zero-order valence-electron chi connectivity index (χ0n) is 16.6. The lowest BCUT2D eigenvalue weighted by Gasteiger charge is -2.17. The number of rotatable bonds is 10. The minimum absolute atomic E-state index is 0.206. The van der Waals surface area contributed by atoms with Gasteiger partial charge in [0.2, 0.25) is 0 Å². The standard InChI is InChI=1S/C22H28F2N2O2/c1-14-10-17(7-8-19(14)23)13-25-9-5-4-6-20(22(27)28)26-18-11-15(2)21(24)16(3)12-18/h7-8,10-12,20,25-26H,4-6,9,13H2,1-3H3,(H,27,28). The van der Waals surface area contributed by atoms with Gasteiger partial charge in [-0.25, -0.2) is 13.6 Å². The van der Waals surface area contributed by atoms with E-state index >= 15 is 0 Å². The summed E-state index contributed by atoms with van der Waals surface area (Å²) in [5.74, 6) is -1.39. The predicted molar refractivity (Wildman–Crippen MR) is 108 cm³/mol. The van der Waals surface area contributed by atoms with E-state index in [4.69, 9.17) is 0 Å². The Morgan fingerprint density at radius 2 is 1.71 bits per heavy atom. The number of aliphatic carboxylic acids is 1. The van der Waals surface area contributed by atoms with Crippen LogP contribution in [0.5, 0.6) is 0 Å². The quantitative estimate of drug-likeness (QED) is 0.514. The Bertz CT molecular complexity index is 801. The SMILES string of the molecule is Cc1cc(CNCCCCC(Nc2cc(C)c(F)c(C)c2)C(=O)O)ccc1F. The molecule has 0 aliphatic carbocycles. The number of hydrogen-bond acceptors (Lipinski definition) is 3. The number of carbonyl (C=O) groups is 1. The minimum Gasteiger partial charge on any atom is -0.480 e. The van der Waals surface area contributed by atoms with Crippen molar-refractivity contribution in [3.8, 4) is 0 Å². The molecule has 0 spiro atoms. The molecule has 3 N–H and O–H groups in total. The van der Waals surface area contributed by atoms with Crippen LogP contribution < -0.4 is 10.6 Å². The Morgan fingerprint density at radius 3 is 2.32 bits per heavy atom. The van der Waals surface area contributed by atoms with Crippen molar-refractivity contribution in [3.63, 3.8) is 0 Å². The third kappa shape index (κ3) is 6.30. The van der Waals surface area contributed by atoms with Gasteiger partial charge >= 0.3 is 5.97 Å². The van der Waals surface area contributed by atoms with E-state index in [-0.39, 0.29) is 11.6 Å². The molecule has 0 saturated heterocycles. The van der Waals surface area contributed by atoms with Crippen molar-refractivity contribution in [3.05, 3.63) is 64.2 Å². The van der Waals surface area contributed by atoms with Crippen LogP contribution >= 0.6 is 0 Å². The third-order valence-electron chi connectivity index (χ3n) is 4.72. The summed E-state index contributed by atoms with van der Waals surface area (Å²) < 4.78 is 27.0. The maximum Gasteiger partial charge on any atom is 0.326 e. The van der Waals surface area contributed by atoms with Crippen LogP contribution in [0.3, 0.4) is 0 Å². The Kier molecular flexibility index (Phi) is 7.93. The summed E-state index contributed by atoms with van der Waals surface area (Å²) in [6, 6.07) is 7.58. The Balaban J connectivity index is 1.76. The second-order valence-electron chi connectivity index (χ2n) is 7.22. The summed E-state index contributed by atoms with van der Waals surface area (Å²) in [7, 11) is 0. The topological polar surface area (TPSA) is 61.4 Å². The van der Waals surface area contributed by atoms with Crippen LogP contribution in [0.25, 0.3) is 0 Å². The van der Waals surface area contributed by atoms with Crippen molar-refractivity contribution < 1.29 is 18.7 Å². The van der Waals surface area contributed by atoms with Crippen LogP contribution in [-0.4, -0.2) is 23.7 Å². The molecule has 152 valence electrons. The van der Waals surface area contributed by atoms with Gasteiger partial charge < -0.3 is 15.7 Å². The van der Waals surface area contributed by atoms with Crippen LogP contribution in [0, 0.1) is 32.4 Å². The lowest BCUT2D eigenvalue weighted by Crippen LogP contribution is -2.29. The van der Waals surface area contributed by atoms with Crippen LogP contribution in [0.1, 0.15) is 41.5 Å². The van der Waals surface area contributed by atoms with E-state index in [9.17, 15) is 18.7 Å². The molecule has 6 heteroatoms. The largest absolute Gasteiger partial charge is 0.480 e. The number of benzene rings is 2. The summed E-state index contributed by atoms with van der Waals surface area (Å²) in [6.45, 7) is 6.46. The number of halogens is 2. The van der Waals surface area contributed by atoms with E-state index in [0.29, 0.717) is 35.3 Å². The maximum absolute atomic E-state index is 13.7. The van der Waals surface area contributed by atoms with Crippen LogP contribution in [-0.2, 0) is 11.3 Å². The second-order valence-corrected chi connectivity index (χ2v) is 7.22. The Labute approximate surface area is 165 Å². The zero-order valence-corrected chi connectivity index (χ0v) is 16.6.